The van der Waals surface area contributed by atoms with E-state index >= 15 is 0 Å². The predicted molar refractivity (Wildman–Crippen MR) is 80.3 cm³/mol. The molecule has 0 unspecified atom stereocenters. The Kier molecular flexibility index (Phi) is 6.88. The Labute approximate surface area is 113 Å². The van der Waals surface area contributed by atoms with Crippen LogP contribution in [-0.4, -0.2) is 19.9 Å². The van der Waals surface area contributed by atoms with Crippen molar-refractivity contribution in [3.8, 4) is 0 Å². The van der Waals surface area contributed by atoms with Crippen molar-refractivity contribution in [1.82, 2.24) is 0 Å². The first-order valence-electron chi connectivity index (χ1n) is 6.28. The minimum absolute atomic E-state index is 0.292. The van der Waals surface area contributed by atoms with Crippen LogP contribution in [0.25, 0.3) is 0 Å². The van der Waals surface area contributed by atoms with Gasteiger partial charge in [0.15, 0.2) is 6.49 Å². The molecule has 0 fully saturated rings. The minimum Gasteiger partial charge on any atom is -0.329 e. The van der Waals surface area contributed by atoms with E-state index in [0.29, 0.717) is 24.0 Å². The van der Waals surface area contributed by atoms with E-state index in [1.54, 1.807) is 0 Å². The molecule has 104 valence electrons. The lowest BCUT2D eigenvalue weighted by molar-refractivity contribution is 0.197. The van der Waals surface area contributed by atoms with Crippen molar-refractivity contribution in [2.75, 3.05) is 19.9 Å². The van der Waals surface area contributed by atoms with Crippen molar-refractivity contribution in [3.63, 3.8) is 0 Å². The smallest absolute Gasteiger partial charge is 0.185 e. The molecule has 0 heterocycles. The van der Waals surface area contributed by atoms with Gasteiger partial charge in [-0.15, -0.1) is 0 Å². The first kappa shape index (κ1) is 17.6. The van der Waals surface area contributed by atoms with Crippen LogP contribution in [0.4, 0.5) is 0 Å². The molecule has 0 radical (unpaired) electrons. The van der Waals surface area contributed by atoms with Gasteiger partial charge in [-0.3, -0.25) is 0 Å². The highest BCUT2D eigenvalue weighted by atomic mass is 32.5. The molecule has 0 aliphatic heterocycles. The van der Waals surface area contributed by atoms with Crippen molar-refractivity contribution in [2.24, 2.45) is 10.8 Å². The molecule has 0 saturated heterocycles. The molecule has 0 aromatic carbocycles. The van der Waals surface area contributed by atoms with Crippen molar-refractivity contribution < 1.29 is 9.05 Å². The van der Waals surface area contributed by atoms with Crippen LogP contribution in [0.1, 0.15) is 54.4 Å². The molecule has 0 atom stereocenters. The van der Waals surface area contributed by atoms with Gasteiger partial charge in [-0.05, 0) is 35.5 Å². The summed E-state index contributed by atoms with van der Waals surface area (Å²) < 4.78 is 11.4. The lowest BCUT2D eigenvalue weighted by Crippen LogP contribution is -2.11. The maximum atomic E-state index is 5.72. The summed E-state index contributed by atoms with van der Waals surface area (Å²) in [6.07, 6.45) is 2.03. The largest absolute Gasteiger partial charge is 0.329 e. The van der Waals surface area contributed by atoms with Gasteiger partial charge in [0.1, 0.15) is 0 Å². The topological polar surface area (TPSA) is 18.5 Å². The van der Waals surface area contributed by atoms with Crippen molar-refractivity contribution in [2.45, 2.75) is 54.4 Å². The second kappa shape index (κ2) is 6.65. The first-order chi connectivity index (χ1) is 7.41. The van der Waals surface area contributed by atoms with Gasteiger partial charge in [0, 0.05) is 6.66 Å². The number of rotatable bonds is 6. The lowest BCUT2D eigenvalue weighted by atomic mass is 9.93. The van der Waals surface area contributed by atoms with E-state index in [1.165, 1.54) is 0 Å². The van der Waals surface area contributed by atoms with Crippen LogP contribution in [0.2, 0.25) is 0 Å². The van der Waals surface area contributed by atoms with Crippen LogP contribution in [0.15, 0.2) is 0 Å². The Morgan fingerprint density at radius 3 is 1.35 bits per heavy atom. The van der Waals surface area contributed by atoms with Crippen LogP contribution in [0, 0.1) is 10.8 Å². The zero-order valence-corrected chi connectivity index (χ0v) is 14.2. The van der Waals surface area contributed by atoms with Gasteiger partial charge in [0.25, 0.3) is 0 Å². The Bertz CT molecular complexity index is 240. The summed E-state index contributed by atoms with van der Waals surface area (Å²) in [7, 11) is 0. The van der Waals surface area contributed by atoms with Crippen LogP contribution in [0.5, 0.6) is 0 Å². The fourth-order valence-electron chi connectivity index (χ4n) is 1.07. The maximum absolute atomic E-state index is 5.72. The van der Waals surface area contributed by atoms with Gasteiger partial charge in [-0.25, -0.2) is 0 Å². The van der Waals surface area contributed by atoms with Crippen LogP contribution >= 0.6 is 6.49 Å². The fraction of sp³-hybridized carbons (Fsp3) is 1.00. The highest BCUT2D eigenvalue weighted by molar-refractivity contribution is 8.09. The second-order valence-electron chi connectivity index (χ2n) is 7.06. The number of hydrogen-bond acceptors (Lipinski definition) is 3. The van der Waals surface area contributed by atoms with Gasteiger partial charge in [0.2, 0.25) is 0 Å². The molecule has 0 N–H and O–H groups in total. The molecule has 2 nitrogen and oxygen atoms in total. The highest BCUT2D eigenvalue weighted by Gasteiger charge is 2.17. The molecule has 17 heavy (non-hydrogen) atoms. The average molecular weight is 280 g/mol. The summed E-state index contributed by atoms with van der Waals surface area (Å²) >= 11 is 5.39. The molecular weight excluding hydrogens is 251 g/mol. The summed E-state index contributed by atoms with van der Waals surface area (Å²) in [5.74, 6) is 0. The summed E-state index contributed by atoms with van der Waals surface area (Å²) in [6, 6.07) is 0. The van der Waals surface area contributed by atoms with Crippen LogP contribution in [-0.2, 0) is 20.9 Å². The molecule has 0 spiro atoms. The summed E-state index contributed by atoms with van der Waals surface area (Å²) in [5.41, 5.74) is 0.585. The molecule has 0 aromatic rings. The zero-order chi connectivity index (χ0) is 13.7. The van der Waals surface area contributed by atoms with Crippen molar-refractivity contribution in [1.29, 1.82) is 0 Å². The van der Waals surface area contributed by atoms with E-state index in [4.69, 9.17) is 20.9 Å². The van der Waals surface area contributed by atoms with Crippen LogP contribution < -0.4 is 0 Å². The quantitative estimate of drug-likeness (QED) is 0.649. The van der Waals surface area contributed by atoms with E-state index in [0.717, 1.165) is 12.8 Å². The Morgan fingerprint density at radius 1 is 0.824 bits per heavy atom. The minimum atomic E-state index is -2.03. The van der Waals surface area contributed by atoms with Gasteiger partial charge in [-0.1, -0.05) is 41.5 Å². The molecule has 0 amide bonds. The summed E-state index contributed by atoms with van der Waals surface area (Å²) in [6.45, 7) is 14.5. The van der Waals surface area contributed by atoms with E-state index in [9.17, 15) is 0 Å². The Hall–Kier alpha value is 0.570. The highest BCUT2D eigenvalue weighted by Crippen LogP contribution is 2.45. The van der Waals surface area contributed by atoms with E-state index in [2.05, 4.69) is 41.5 Å². The SMILES string of the molecule is CC(C)(C)CCOP(C)(=S)OCCC(C)(C)C. The third kappa shape index (κ3) is 12.8. The van der Waals surface area contributed by atoms with Gasteiger partial charge >= 0.3 is 0 Å². The fourth-order valence-corrected chi connectivity index (χ4v) is 2.44. The predicted octanol–water partition coefficient (Wildman–Crippen LogP) is 4.83. The van der Waals surface area contributed by atoms with E-state index in [1.807, 2.05) is 6.66 Å². The maximum Gasteiger partial charge on any atom is 0.185 e. The summed E-state index contributed by atoms with van der Waals surface area (Å²) in [5, 5.41) is 0. The Morgan fingerprint density at radius 2 is 1.12 bits per heavy atom. The van der Waals surface area contributed by atoms with Crippen molar-refractivity contribution in [3.05, 3.63) is 0 Å². The average Bonchev–Trinajstić information content (AvgIpc) is 1.96. The molecule has 0 aromatic heterocycles. The third-order valence-electron chi connectivity index (χ3n) is 2.36. The monoisotopic (exact) mass is 280 g/mol. The van der Waals surface area contributed by atoms with E-state index in [-0.39, 0.29) is 0 Å². The lowest BCUT2D eigenvalue weighted by Gasteiger charge is -2.24. The standard InChI is InChI=1S/C13H29O2PS/c1-12(2,3)8-10-14-16(7,17)15-11-9-13(4,5)6/h8-11H2,1-7H3. The number of hydrogen-bond donors (Lipinski definition) is 0. The van der Waals surface area contributed by atoms with E-state index < -0.39 is 6.49 Å². The molecule has 0 aliphatic carbocycles. The first-order valence-corrected chi connectivity index (χ1v) is 9.36. The van der Waals surface area contributed by atoms with Crippen molar-refractivity contribution >= 4 is 18.3 Å². The normalized spacial score (nSPS) is 14.1. The second-order valence-corrected chi connectivity index (χ2v) is 11.1. The van der Waals surface area contributed by atoms with Gasteiger partial charge < -0.3 is 9.05 Å². The molecule has 0 rings (SSSR count). The molecule has 0 saturated carbocycles. The van der Waals surface area contributed by atoms with Gasteiger partial charge in [0.05, 0.1) is 13.2 Å². The van der Waals surface area contributed by atoms with Gasteiger partial charge in [-0.2, -0.15) is 0 Å². The molecule has 0 aliphatic rings. The summed E-state index contributed by atoms with van der Waals surface area (Å²) in [4.78, 5) is 0. The Balaban J connectivity index is 3.85. The third-order valence-corrected chi connectivity index (χ3v) is 4.29. The molecular formula is C13H29O2PS. The van der Waals surface area contributed by atoms with Crippen LogP contribution in [0.3, 0.4) is 0 Å². The zero-order valence-electron chi connectivity index (χ0n) is 12.5. The molecule has 0 bridgehead atoms. The molecule has 4 heteroatoms.